The fourth-order valence-corrected chi connectivity index (χ4v) is 3.94. The molecule has 0 saturated carbocycles. The molecule has 1 aromatic carbocycles. The molecule has 3 rings (SSSR count). The molecule has 0 amide bonds. The molecule has 0 spiro atoms. The first-order chi connectivity index (χ1) is 15.1. The van der Waals surface area contributed by atoms with Gasteiger partial charge in [-0.3, -0.25) is 4.79 Å². The summed E-state index contributed by atoms with van der Waals surface area (Å²) in [5.41, 5.74) is 0.254. The number of benzene rings is 1. The predicted octanol–water partition coefficient (Wildman–Crippen LogP) is 3.86. The van der Waals surface area contributed by atoms with Crippen molar-refractivity contribution in [3.63, 3.8) is 0 Å². The molecule has 1 aromatic heterocycles. The van der Waals surface area contributed by atoms with E-state index in [0.29, 0.717) is 29.7 Å². The van der Waals surface area contributed by atoms with E-state index in [-0.39, 0.29) is 23.5 Å². The molecule has 7 nitrogen and oxygen atoms in total. The maximum absolute atomic E-state index is 12.8. The van der Waals surface area contributed by atoms with Crippen molar-refractivity contribution >= 4 is 11.8 Å². The largest absolute Gasteiger partial charge is 0.507 e. The highest BCUT2D eigenvalue weighted by Gasteiger charge is 2.31. The van der Waals surface area contributed by atoms with Crippen LogP contribution < -0.4 is 5.32 Å². The lowest BCUT2D eigenvalue weighted by Crippen LogP contribution is -2.44. The first-order valence-electron chi connectivity index (χ1n) is 10.4. The summed E-state index contributed by atoms with van der Waals surface area (Å²) in [7, 11) is 1.38. The van der Waals surface area contributed by atoms with Crippen molar-refractivity contribution in [2.45, 2.75) is 38.9 Å². The number of aromatic hydroxyl groups is 1. The number of nitrogens with zero attached hydrogens (tertiary/aromatic N) is 3. The number of aromatic nitrogens is 2. The second-order valence-electron chi connectivity index (χ2n) is 8.16. The number of nitrogens with one attached hydrogen (secondary N) is 1. The fraction of sp³-hybridized carbons (Fsp3) is 0.500. The number of likely N-dealkylation sites (tertiary alicyclic amines) is 1. The van der Waals surface area contributed by atoms with Crippen LogP contribution in [-0.4, -0.2) is 59.0 Å². The van der Waals surface area contributed by atoms with E-state index in [2.05, 4.69) is 20.4 Å². The number of ether oxygens (including phenoxy) is 1. The zero-order valence-corrected chi connectivity index (χ0v) is 18.2. The molecule has 0 bridgehead atoms. The van der Waals surface area contributed by atoms with E-state index in [1.54, 1.807) is 13.0 Å². The third-order valence-electron chi connectivity index (χ3n) is 5.56. The number of esters is 1. The van der Waals surface area contributed by atoms with Crippen molar-refractivity contribution in [3.8, 4) is 17.0 Å². The van der Waals surface area contributed by atoms with Crippen LogP contribution in [0, 0.1) is 12.8 Å². The van der Waals surface area contributed by atoms with Gasteiger partial charge < -0.3 is 20.1 Å². The highest BCUT2D eigenvalue weighted by Crippen LogP contribution is 2.36. The third kappa shape index (κ3) is 5.67. The van der Waals surface area contributed by atoms with E-state index in [9.17, 15) is 23.1 Å². The van der Waals surface area contributed by atoms with E-state index >= 15 is 0 Å². The number of phenolic OH excluding ortho intramolecular Hbond substituents is 1. The van der Waals surface area contributed by atoms with Gasteiger partial charge in [-0.2, -0.15) is 13.2 Å². The number of hydrogen-bond acceptors (Lipinski definition) is 7. The smallest absolute Gasteiger partial charge is 0.416 e. The SMILES string of the molecule is COC(=O)C(C)CN1CCC[C@@H](Nc2cc(C)c(-c3ccc(C(F)(F)F)cc3O)nn2)C1. The molecule has 0 radical (unpaired) electrons. The van der Waals surface area contributed by atoms with E-state index in [4.69, 9.17) is 4.74 Å². The second-order valence-corrected chi connectivity index (χ2v) is 8.16. The molecule has 1 fully saturated rings. The molecule has 174 valence electrons. The monoisotopic (exact) mass is 452 g/mol. The molecule has 1 saturated heterocycles. The van der Waals surface area contributed by atoms with Crippen LogP contribution in [0.1, 0.15) is 30.9 Å². The van der Waals surface area contributed by atoms with Gasteiger partial charge in [-0.05, 0) is 56.1 Å². The third-order valence-corrected chi connectivity index (χ3v) is 5.56. The van der Waals surface area contributed by atoms with E-state index in [1.165, 1.54) is 13.2 Å². The second kappa shape index (κ2) is 9.72. The Labute approximate surface area is 184 Å². The lowest BCUT2D eigenvalue weighted by molar-refractivity contribution is -0.145. The van der Waals surface area contributed by atoms with Crippen molar-refractivity contribution in [1.29, 1.82) is 0 Å². The van der Waals surface area contributed by atoms with Crippen molar-refractivity contribution in [2.24, 2.45) is 5.92 Å². The number of phenols is 1. The van der Waals surface area contributed by atoms with Gasteiger partial charge in [0.25, 0.3) is 0 Å². The molecule has 1 aliphatic rings. The Balaban J connectivity index is 1.69. The number of halogens is 3. The van der Waals surface area contributed by atoms with Gasteiger partial charge in [0.15, 0.2) is 0 Å². The molecule has 2 heterocycles. The van der Waals surface area contributed by atoms with Crippen molar-refractivity contribution in [3.05, 3.63) is 35.4 Å². The van der Waals surface area contributed by atoms with Crippen LogP contribution in [0.25, 0.3) is 11.3 Å². The molecule has 1 aliphatic heterocycles. The summed E-state index contributed by atoms with van der Waals surface area (Å²) in [6, 6.07) is 4.68. The number of methoxy groups -OCH3 is 1. The van der Waals surface area contributed by atoms with Gasteiger partial charge in [-0.1, -0.05) is 6.92 Å². The molecular formula is C22H27F3N4O3. The number of piperidine rings is 1. The van der Waals surface area contributed by atoms with Gasteiger partial charge in [0, 0.05) is 24.7 Å². The number of aryl methyl sites for hydroxylation is 1. The maximum Gasteiger partial charge on any atom is 0.416 e. The molecular weight excluding hydrogens is 425 g/mol. The maximum atomic E-state index is 12.8. The molecule has 2 aromatic rings. The normalized spacial score (nSPS) is 18.2. The number of rotatable bonds is 6. The van der Waals surface area contributed by atoms with E-state index in [1.807, 2.05) is 6.92 Å². The lowest BCUT2D eigenvalue weighted by Gasteiger charge is -2.34. The number of anilines is 1. The topological polar surface area (TPSA) is 87.6 Å². The lowest BCUT2D eigenvalue weighted by atomic mass is 10.0. The first-order valence-corrected chi connectivity index (χ1v) is 10.4. The van der Waals surface area contributed by atoms with E-state index < -0.39 is 17.5 Å². The van der Waals surface area contributed by atoms with Gasteiger partial charge in [0.2, 0.25) is 0 Å². The minimum Gasteiger partial charge on any atom is -0.507 e. The van der Waals surface area contributed by atoms with Gasteiger partial charge in [-0.25, -0.2) is 0 Å². The summed E-state index contributed by atoms with van der Waals surface area (Å²) in [5, 5.41) is 21.7. The number of hydrogen-bond donors (Lipinski definition) is 2. The molecule has 32 heavy (non-hydrogen) atoms. The molecule has 2 atom stereocenters. The average Bonchev–Trinajstić information content (AvgIpc) is 2.73. The van der Waals surface area contributed by atoms with Crippen LogP contribution in [0.5, 0.6) is 5.75 Å². The standard InChI is InChI=1S/C22H27F3N4O3/c1-13-9-19(26-16-5-4-8-29(12-16)11-14(2)21(31)32-3)27-28-20(13)17-7-6-15(10-18(17)30)22(23,24)25/h6-7,9-10,14,16,30H,4-5,8,11-12H2,1-3H3,(H,26,27)/t14?,16-/m1/s1. The van der Waals surface area contributed by atoms with Gasteiger partial charge in [-0.15, -0.1) is 10.2 Å². The zero-order valence-electron chi connectivity index (χ0n) is 18.2. The Morgan fingerprint density at radius 1 is 1.34 bits per heavy atom. The number of alkyl halides is 3. The highest BCUT2D eigenvalue weighted by atomic mass is 19.4. The van der Waals surface area contributed by atoms with Gasteiger partial charge in [0.05, 0.1) is 24.3 Å². The van der Waals surface area contributed by atoms with Gasteiger partial charge in [0.1, 0.15) is 11.6 Å². The van der Waals surface area contributed by atoms with Crippen LogP contribution in [0.4, 0.5) is 19.0 Å². The minimum atomic E-state index is -4.53. The minimum absolute atomic E-state index is 0.118. The Hall–Kier alpha value is -2.88. The molecule has 0 aliphatic carbocycles. The average molecular weight is 452 g/mol. The molecule has 2 N–H and O–H groups in total. The summed E-state index contributed by atoms with van der Waals surface area (Å²) in [5.74, 6) is -0.397. The first kappa shape index (κ1) is 23.8. The van der Waals surface area contributed by atoms with Crippen LogP contribution in [0.15, 0.2) is 24.3 Å². The summed E-state index contributed by atoms with van der Waals surface area (Å²) >= 11 is 0. The fourth-order valence-electron chi connectivity index (χ4n) is 3.94. The summed E-state index contributed by atoms with van der Waals surface area (Å²) in [4.78, 5) is 13.9. The highest BCUT2D eigenvalue weighted by molar-refractivity contribution is 5.72. The van der Waals surface area contributed by atoms with Crippen LogP contribution in [-0.2, 0) is 15.7 Å². The van der Waals surface area contributed by atoms with E-state index in [0.717, 1.165) is 32.0 Å². The Morgan fingerprint density at radius 2 is 2.09 bits per heavy atom. The zero-order chi connectivity index (χ0) is 23.5. The Bertz CT molecular complexity index is 968. The quantitative estimate of drug-likeness (QED) is 0.644. The summed E-state index contributed by atoms with van der Waals surface area (Å²) in [6.45, 7) is 5.85. The number of carbonyl (C=O) groups excluding carboxylic acids is 1. The Kier molecular flexibility index (Phi) is 7.22. The Morgan fingerprint density at radius 3 is 2.72 bits per heavy atom. The van der Waals surface area contributed by atoms with Crippen molar-refractivity contribution < 1.29 is 27.8 Å². The van der Waals surface area contributed by atoms with Crippen LogP contribution in [0.2, 0.25) is 0 Å². The number of carbonyl (C=O) groups is 1. The molecule has 1 unspecified atom stereocenters. The van der Waals surface area contributed by atoms with Crippen molar-refractivity contribution in [1.82, 2.24) is 15.1 Å². The predicted molar refractivity (Wildman–Crippen MR) is 113 cm³/mol. The van der Waals surface area contributed by atoms with Crippen LogP contribution in [0.3, 0.4) is 0 Å². The summed E-state index contributed by atoms with van der Waals surface area (Å²) < 4.78 is 43.3. The van der Waals surface area contributed by atoms with Crippen molar-refractivity contribution in [2.75, 3.05) is 32.1 Å². The summed E-state index contributed by atoms with van der Waals surface area (Å²) in [6.07, 6.45) is -2.63. The van der Waals surface area contributed by atoms with Crippen LogP contribution >= 0.6 is 0 Å². The molecule has 10 heteroatoms. The van der Waals surface area contributed by atoms with Gasteiger partial charge >= 0.3 is 12.1 Å².